The quantitative estimate of drug-likeness (QED) is 0.630. The fourth-order valence-corrected chi connectivity index (χ4v) is 4.42. The van der Waals surface area contributed by atoms with E-state index in [0.717, 1.165) is 4.88 Å². The third kappa shape index (κ3) is 4.04. The van der Waals surface area contributed by atoms with E-state index in [0.29, 0.717) is 16.9 Å². The number of esters is 1. The molecule has 3 rings (SSSR count). The predicted molar refractivity (Wildman–Crippen MR) is 105 cm³/mol. The van der Waals surface area contributed by atoms with Crippen LogP contribution in [-0.2, 0) is 14.8 Å². The number of anilines is 1. The van der Waals surface area contributed by atoms with Gasteiger partial charge in [0.25, 0.3) is 10.0 Å². The van der Waals surface area contributed by atoms with Crippen LogP contribution < -0.4 is 4.72 Å². The van der Waals surface area contributed by atoms with Crippen molar-refractivity contribution in [3.8, 4) is 10.6 Å². The van der Waals surface area contributed by atoms with Gasteiger partial charge in [-0.2, -0.15) is 5.10 Å². The smallest absolute Gasteiger partial charge is 0.337 e. The highest BCUT2D eigenvalue weighted by atomic mass is 32.2. The number of hydrogen-bond donors (Lipinski definition) is 1. The molecule has 27 heavy (non-hydrogen) atoms. The zero-order valence-electron chi connectivity index (χ0n) is 15.0. The predicted octanol–water partition coefficient (Wildman–Crippen LogP) is 3.78. The van der Waals surface area contributed by atoms with Crippen LogP contribution in [0.25, 0.3) is 10.6 Å². The standard InChI is InChI=1S/C18H19N3O4S2/c1-12(2)21-11-16(17(19-21)15-5-4-10-26-15)27(23,24)20-14-8-6-13(7-9-14)18(22)25-3/h4-12,20H,1-3H3. The number of nitrogens with one attached hydrogen (secondary N) is 1. The van der Waals surface area contributed by atoms with Crippen LogP contribution in [0.2, 0.25) is 0 Å². The Morgan fingerprint density at radius 2 is 1.93 bits per heavy atom. The van der Waals surface area contributed by atoms with Crippen LogP contribution in [-0.4, -0.2) is 31.3 Å². The third-order valence-corrected chi connectivity index (χ3v) is 6.09. The summed E-state index contributed by atoms with van der Waals surface area (Å²) in [5, 5.41) is 6.33. The van der Waals surface area contributed by atoms with Crippen LogP contribution in [0, 0.1) is 0 Å². The van der Waals surface area contributed by atoms with Gasteiger partial charge in [-0.15, -0.1) is 11.3 Å². The number of aromatic nitrogens is 2. The van der Waals surface area contributed by atoms with Gasteiger partial charge in [0, 0.05) is 17.9 Å². The summed E-state index contributed by atoms with van der Waals surface area (Å²) in [5.74, 6) is -0.484. The van der Waals surface area contributed by atoms with Crippen LogP contribution in [0.1, 0.15) is 30.2 Å². The second-order valence-electron chi connectivity index (χ2n) is 6.07. The summed E-state index contributed by atoms with van der Waals surface area (Å²) in [7, 11) is -2.58. The maximum Gasteiger partial charge on any atom is 0.337 e. The Morgan fingerprint density at radius 3 is 2.48 bits per heavy atom. The van der Waals surface area contributed by atoms with Crippen LogP contribution in [0.15, 0.2) is 52.9 Å². The number of benzene rings is 1. The zero-order valence-corrected chi connectivity index (χ0v) is 16.7. The minimum atomic E-state index is -3.86. The molecule has 0 saturated carbocycles. The molecule has 9 heteroatoms. The van der Waals surface area contributed by atoms with Gasteiger partial charge in [-0.3, -0.25) is 9.40 Å². The SMILES string of the molecule is COC(=O)c1ccc(NS(=O)(=O)c2cn(C(C)C)nc2-c2cccs2)cc1. The molecule has 0 aliphatic heterocycles. The largest absolute Gasteiger partial charge is 0.465 e. The average molecular weight is 406 g/mol. The molecule has 0 saturated heterocycles. The Morgan fingerprint density at radius 1 is 1.22 bits per heavy atom. The Balaban J connectivity index is 1.96. The molecule has 0 atom stereocenters. The Kier molecular flexibility index (Phi) is 5.33. The molecule has 1 N–H and O–H groups in total. The van der Waals surface area contributed by atoms with E-state index in [-0.39, 0.29) is 10.9 Å². The highest BCUT2D eigenvalue weighted by Crippen LogP contribution is 2.31. The lowest BCUT2D eigenvalue weighted by Gasteiger charge is -2.08. The normalized spacial score (nSPS) is 11.6. The van der Waals surface area contributed by atoms with Crippen molar-refractivity contribution in [2.24, 2.45) is 0 Å². The third-order valence-electron chi connectivity index (χ3n) is 3.83. The summed E-state index contributed by atoms with van der Waals surface area (Å²) in [6, 6.07) is 9.74. The average Bonchev–Trinajstić information content (AvgIpc) is 3.30. The first kappa shape index (κ1) is 19.1. The first-order valence-corrected chi connectivity index (χ1v) is 10.5. The van der Waals surface area contributed by atoms with Crippen LogP contribution in [0.3, 0.4) is 0 Å². The van der Waals surface area contributed by atoms with Crippen molar-refractivity contribution in [2.45, 2.75) is 24.8 Å². The van der Waals surface area contributed by atoms with Crippen molar-refractivity contribution in [3.05, 3.63) is 53.5 Å². The molecule has 0 bridgehead atoms. The number of sulfonamides is 1. The molecule has 0 amide bonds. The number of thiophene rings is 1. The first-order chi connectivity index (χ1) is 12.8. The first-order valence-electron chi connectivity index (χ1n) is 8.16. The summed E-state index contributed by atoms with van der Waals surface area (Å²) in [6.45, 7) is 3.86. The van der Waals surface area contributed by atoms with Crippen LogP contribution in [0.4, 0.5) is 5.69 Å². The molecular formula is C18H19N3O4S2. The summed E-state index contributed by atoms with van der Waals surface area (Å²) < 4.78 is 34.8. The maximum atomic E-state index is 13.0. The number of carbonyl (C=O) groups excluding carboxylic acids is 1. The van der Waals surface area contributed by atoms with Crippen molar-refractivity contribution in [3.63, 3.8) is 0 Å². The minimum absolute atomic E-state index is 0.0204. The molecule has 0 spiro atoms. The van der Waals surface area contributed by atoms with Gasteiger partial charge in [0.2, 0.25) is 0 Å². The van der Waals surface area contributed by atoms with E-state index in [1.54, 1.807) is 4.68 Å². The monoisotopic (exact) mass is 405 g/mol. The molecule has 0 fully saturated rings. The van der Waals surface area contributed by atoms with Gasteiger partial charge in [-0.05, 0) is 49.6 Å². The van der Waals surface area contributed by atoms with Gasteiger partial charge >= 0.3 is 5.97 Å². The fourth-order valence-electron chi connectivity index (χ4n) is 2.42. The maximum absolute atomic E-state index is 13.0. The van der Waals surface area contributed by atoms with Gasteiger partial charge in [0.05, 0.1) is 17.6 Å². The number of ether oxygens (including phenoxy) is 1. The highest BCUT2D eigenvalue weighted by Gasteiger charge is 2.25. The molecule has 2 heterocycles. The molecule has 0 radical (unpaired) electrons. The minimum Gasteiger partial charge on any atom is -0.465 e. The number of rotatable bonds is 6. The van der Waals surface area contributed by atoms with Crippen LogP contribution >= 0.6 is 11.3 Å². The molecule has 7 nitrogen and oxygen atoms in total. The second kappa shape index (κ2) is 7.53. The second-order valence-corrected chi connectivity index (χ2v) is 8.67. The van der Waals surface area contributed by atoms with E-state index in [1.807, 2.05) is 31.4 Å². The number of carbonyl (C=O) groups is 1. The molecule has 0 aliphatic rings. The summed E-state index contributed by atoms with van der Waals surface area (Å²) in [5.41, 5.74) is 1.10. The van der Waals surface area contributed by atoms with Crippen molar-refractivity contribution in [2.75, 3.05) is 11.8 Å². The van der Waals surface area contributed by atoms with E-state index < -0.39 is 16.0 Å². The Hall–Kier alpha value is -2.65. The molecule has 2 aromatic heterocycles. The number of nitrogens with zero attached hydrogens (tertiary/aromatic N) is 2. The van der Waals surface area contributed by atoms with E-state index >= 15 is 0 Å². The van der Waals surface area contributed by atoms with E-state index in [4.69, 9.17) is 0 Å². The number of methoxy groups -OCH3 is 1. The van der Waals surface area contributed by atoms with Crippen molar-refractivity contribution in [1.29, 1.82) is 0 Å². The zero-order chi connectivity index (χ0) is 19.6. The van der Waals surface area contributed by atoms with Crippen LogP contribution in [0.5, 0.6) is 0 Å². The molecule has 0 unspecified atom stereocenters. The lowest BCUT2D eigenvalue weighted by Crippen LogP contribution is -2.13. The summed E-state index contributed by atoms with van der Waals surface area (Å²) in [6.07, 6.45) is 1.53. The van der Waals surface area contributed by atoms with Crippen molar-refractivity contribution < 1.29 is 17.9 Å². The van der Waals surface area contributed by atoms with E-state index in [1.165, 1.54) is 48.9 Å². The molecule has 3 aromatic rings. The van der Waals surface area contributed by atoms with Gasteiger partial charge in [-0.1, -0.05) is 6.07 Å². The Labute approximate surface area is 161 Å². The molecule has 1 aromatic carbocycles. The van der Waals surface area contributed by atoms with E-state index in [9.17, 15) is 13.2 Å². The van der Waals surface area contributed by atoms with Gasteiger partial charge in [0.15, 0.2) is 0 Å². The summed E-state index contributed by atoms with van der Waals surface area (Å²) >= 11 is 1.43. The molecular weight excluding hydrogens is 386 g/mol. The van der Waals surface area contributed by atoms with Gasteiger partial charge < -0.3 is 4.74 Å². The summed E-state index contributed by atoms with van der Waals surface area (Å²) in [4.78, 5) is 12.4. The fraction of sp³-hybridized carbons (Fsp3) is 0.222. The molecule has 0 aliphatic carbocycles. The number of hydrogen-bond acceptors (Lipinski definition) is 6. The van der Waals surface area contributed by atoms with Gasteiger partial charge in [0.1, 0.15) is 10.6 Å². The van der Waals surface area contributed by atoms with Gasteiger partial charge in [-0.25, -0.2) is 13.2 Å². The Bertz CT molecular complexity index is 1040. The van der Waals surface area contributed by atoms with Crippen molar-refractivity contribution in [1.82, 2.24) is 9.78 Å². The molecule has 142 valence electrons. The highest BCUT2D eigenvalue weighted by molar-refractivity contribution is 7.92. The van der Waals surface area contributed by atoms with E-state index in [2.05, 4.69) is 14.6 Å². The topological polar surface area (TPSA) is 90.3 Å². The van der Waals surface area contributed by atoms with Crippen molar-refractivity contribution >= 4 is 33.0 Å². The lowest BCUT2D eigenvalue weighted by atomic mass is 10.2. The lowest BCUT2D eigenvalue weighted by molar-refractivity contribution is 0.0601.